The molecule has 1 unspecified atom stereocenters. The third-order valence-electron chi connectivity index (χ3n) is 5.14. The summed E-state index contributed by atoms with van der Waals surface area (Å²) in [5, 5.41) is 12.8. The van der Waals surface area contributed by atoms with Crippen molar-refractivity contribution in [2.75, 3.05) is 11.9 Å². The molecular formula is C23H22N2O3. The molecule has 3 aromatic rings. The van der Waals surface area contributed by atoms with Gasteiger partial charge < -0.3 is 15.2 Å². The van der Waals surface area contributed by atoms with Gasteiger partial charge in [-0.15, -0.1) is 0 Å². The van der Waals surface area contributed by atoms with Crippen LogP contribution in [0.1, 0.15) is 40.2 Å². The number of carboxylic acid groups (broad SMARTS) is 1. The van der Waals surface area contributed by atoms with E-state index in [0.717, 1.165) is 35.5 Å². The Labute approximate surface area is 164 Å². The zero-order valence-corrected chi connectivity index (χ0v) is 15.5. The van der Waals surface area contributed by atoms with Crippen LogP contribution in [-0.4, -0.2) is 22.7 Å². The maximum absolute atomic E-state index is 11.4. The standard InChI is InChI=1S/C23H22N2O3/c26-23(27)21-10-12-24-15-17(21)7-6-16-11-13-28-22-14-19(8-9-20(16)22)25-18-4-2-1-3-5-18/h1-5,8-10,12,14-16,25H,6-7,11,13H2,(H,26,27). The summed E-state index contributed by atoms with van der Waals surface area (Å²) >= 11 is 0. The number of carboxylic acids is 1. The molecule has 0 fully saturated rings. The van der Waals surface area contributed by atoms with Crippen LogP contribution in [0, 0.1) is 0 Å². The molecule has 2 N–H and O–H groups in total. The smallest absolute Gasteiger partial charge is 0.336 e. The second-order valence-corrected chi connectivity index (χ2v) is 6.95. The lowest BCUT2D eigenvalue weighted by Crippen LogP contribution is -2.15. The van der Waals surface area contributed by atoms with E-state index in [-0.39, 0.29) is 0 Å². The summed E-state index contributed by atoms with van der Waals surface area (Å²) in [4.78, 5) is 15.5. The molecule has 1 aliphatic rings. The number of para-hydroxylation sites is 1. The Morgan fingerprint density at radius 2 is 2.00 bits per heavy atom. The number of hydrogen-bond acceptors (Lipinski definition) is 4. The van der Waals surface area contributed by atoms with Gasteiger partial charge in [-0.25, -0.2) is 4.79 Å². The fourth-order valence-corrected chi connectivity index (χ4v) is 3.69. The Kier molecular flexibility index (Phi) is 5.24. The molecule has 1 atom stereocenters. The van der Waals surface area contributed by atoms with Gasteiger partial charge >= 0.3 is 5.97 Å². The molecule has 0 aliphatic carbocycles. The van der Waals surface area contributed by atoms with Gasteiger partial charge in [0, 0.05) is 29.8 Å². The predicted molar refractivity (Wildman–Crippen MR) is 109 cm³/mol. The van der Waals surface area contributed by atoms with E-state index in [1.54, 1.807) is 12.3 Å². The quantitative estimate of drug-likeness (QED) is 0.634. The van der Waals surface area contributed by atoms with Gasteiger partial charge in [-0.1, -0.05) is 24.3 Å². The first-order valence-electron chi connectivity index (χ1n) is 9.46. The normalized spacial score (nSPS) is 15.4. The first kappa shape index (κ1) is 18.0. The Bertz CT molecular complexity index is 973. The summed E-state index contributed by atoms with van der Waals surface area (Å²) in [6.07, 6.45) is 5.67. The van der Waals surface area contributed by atoms with E-state index < -0.39 is 5.97 Å². The molecule has 5 nitrogen and oxygen atoms in total. The minimum absolute atomic E-state index is 0.338. The molecule has 28 heavy (non-hydrogen) atoms. The zero-order valence-electron chi connectivity index (χ0n) is 15.5. The van der Waals surface area contributed by atoms with Gasteiger partial charge in [0.2, 0.25) is 0 Å². The number of aromatic carboxylic acids is 1. The van der Waals surface area contributed by atoms with Crippen LogP contribution in [-0.2, 0) is 6.42 Å². The highest BCUT2D eigenvalue weighted by Gasteiger charge is 2.22. The first-order chi connectivity index (χ1) is 13.7. The highest BCUT2D eigenvalue weighted by atomic mass is 16.5. The molecule has 0 saturated heterocycles. The van der Waals surface area contributed by atoms with E-state index in [4.69, 9.17) is 4.74 Å². The van der Waals surface area contributed by atoms with Crippen molar-refractivity contribution in [2.45, 2.75) is 25.2 Å². The van der Waals surface area contributed by atoms with Crippen LogP contribution in [0.25, 0.3) is 0 Å². The van der Waals surface area contributed by atoms with Crippen molar-refractivity contribution in [2.24, 2.45) is 0 Å². The summed E-state index contributed by atoms with van der Waals surface area (Å²) in [5.41, 5.74) is 4.33. The van der Waals surface area contributed by atoms with Crippen molar-refractivity contribution < 1.29 is 14.6 Å². The third-order valence-corrected chi connectivity index (χ3v) is 5.14. The number of anilines is 2. The van der Waals surface area contributed by atoms with Gasteiger partial charge in [0.1, 0.15) is 5.75 Å². The molecule has 0 radical (unpaired) electrons. The first-order valence-corrected chi connectivity index (χ1v) is 9.46. The van der Waals surface area contributed by atoms with Crippen LogP contribution in [0.5, 0.6) is 5.75 Å². The van der Waals surface area contributed by atoms with E-state index in [1.807, 2.05) is 36.4 Å². The lowest BCUT2D eigenvalue weighted by atomic mass is 9.87. The second-order valence-electron chi connectivity index (χ2n) is 6.95. The van der Waals surface area contributed by atoms with Gasteiger partial charge in [-0.05, 0) is 60.6 Å². The summed E-state index contributed by atoms with van der Waals surface area (Å²) < 4.78 is 5.90. The van der Waals surface area contributed by atoms with Crippen LogP contribution in [0.3, 0.4) is 0 Å². The van der Waals surface area contributed by atoms with E-state index >= 15 is 0 Å². The van der Waals surface area contributed by atoms with E-state index in [9.17, 15) is 9.90 Å². The molecule has 2 heterocycles. The zero-order chi connectivity index (χ0) is 19.3. The van der Waals surface area contributed by atoms with Gasteiger partial charge in [0.05, 0.1) is 12.2 Å². The van der Waals surface area contributed by atoms with Gasteiger partial charge in [-0.2, -0.15) is 0 Å². The number of nitrogens with zero attached hydrogens (tertiary/aromatic N) is 1. The second kappa shape index (κ2) is 8.13. The predicted octanol–water partition coefficient (Wildman–Crippen LogP) is 5.02. The number of nitrogens with one attached hydrogen (secondary N) is 1. The molecule has 0 spiro atoms. The maximum atomic E-state index is 11.4. The Morgan fingerprint density at radius 3 is 2.82 bits per heavy atom. The molecule has 142 valence electrons. The average Bonchev–Trinajstić information content (AvgIpc) is 2.73. The summed E-state index contributed by atoms with van der Waals surface area (Å²) in [6.45, 7) is 0.672. The Morgan fingerprint density at radius 1 is 1.14 bits per heavy atom. The molecule has 5 heteroatoms. The number of aromatic nitrogens is 1. The van der Waals surface area contributed by atoms with Crippen molar-refractivity contribution >= 4 is 17.3 Å². The van der Waals surface area contributed by atoms with Crippen LogP contribution in [0.2, 0.25) is 0 Å². The van der Waals surface area contributed by atoms with Gasteiger partial charge in [-0.3, -0.25) is 4.98 Å². The van der Waals surface area contributed by atoms with Crippen molar-refractivity contribution in [3.8, 4) is 5.75 Å². The fourth-order valence-electron chi connectivity index (χ4n) is 3.69. The molecule has 4 rings (SSSR count). The van der Waals surface area contributed by atoms with Crippen molar-refractivity contribution in [1.82, 2.24) is 4.98 Å². The molecular weight excluding hydrogens is 352 g/mol. The maximum Gasteiger partial charge on any atom is 0.336 e. The van der Waals surface area contributed by atoms with Crippen molar-refractivity contribution in [3.05, 3.63) is 83.7 Å². The van der Waals surface area contributed by atoms with Crippen LogP contribution in [0.4, 0.5) is 11.4 Å². The number of benzene rings is 2. The topological polar surface area (TPSA) is 71.5 Å². The largest absolute Gasteiger partial charge is 0.493 e. The van der Waals surface area contributed by atoms with Crippen LogP contribution < -0.4 is 10.1 Å². The van der Waals surface area contributed by atoms with Crippen molar-refractivity contribution in [3.63, 3.8) is 0 Å². The third kappa shape index (κ3) is 3.98. The number of ether oxygens (including phenoxy) is 1. The Balaban J connectivity index is 1.49. The lowest BCUT2D eigenvalue weighted by molar-refractivity contribution is 0.0695. The van der Waals surface area contributed by atoms with Crippen LogP contribution in [0.15, 0.2) is 67.0 Å². The summed E-state index contributed by atoms with van der Waals surface area (Å²) in [5.74, 6) is 0.347. The summed E-state index contributed by atoms with van der Waals surface area (Å²) in [6, 6.07) is 17.8. The monoisotopic (exact) mass is 374 g/mol. The molecule has 0 amide bonds. The van der Waals surface area contributed by atoms with E-state index in [0.29, 0.717) is 24.5 Å². The lowest BCUT2D eigenvalue weighted by Gasteiger charge is -2.26. The van der Waals surface area contributed by atoms with Crippen LogP contribution >= 0.6 is 0 Å². The molecule has 2 aromatic carbocycles. The van der Waals surface area contributed by atoms with Gasteiger partial charge in [0.15, 0.2) is 0 Å². The Hall–Kier alpha value is -3.34. The number of rotatable bonds is 6. The molecule has 1 aliphatic heterocycles. The minimum atomic E-state index is -0.901. The fraction of sp³-hybridized carbons (Fsp3) is 0.217. The minimum Gasteiger partial charge on any atom is -0.493 e. The summed E-state index contributed by atoms with van der Waals surface area (Å²) in [7, 11) is 0. The van der Waals surface area contributed by atoms with E-state index in [2.05, 4.69) is 22.4 Å². The van der Waals surface area contributed by atoms with Gasteiger partial charge in [0.25, 0.3) is 0 Å². The highest BCUT2D eigenvalue weighted by Crippen LogP contribution is 2.38. The number of pyridine rings is 1. The number of carbonyl (C=O) groups is 1. The number of hydrogen-bond donors (Lipinski definition) is 2. The number of fused-ring (bicyclic) bond motifs is 1. The SMILES string of the molecule is O=C(O)c1ccncc1CCC1CCOc2cc(Nc3ccccc3)ccc21. The number of aryl methyl sites for hydroxylation is 1. The van der Waals surface area contributed by atoms with E-state index in [1.165, 1.54) is 11.8 Å². The molecule has 0 saturated carbocycles. The molecule has 1 aromatic heterocycles. The average molecular weight is 374 g/mol. The molecule has 0 bridgehead atoms. The van der Waals surface area contributed by atoms with Crippen molar-refractivity contribution in [1.29, 1.82) is 0 Å². The highest BCUT2D eigenvalue weighted by molar-refractivity contribution is 5.89.